The third-order valence-corrected chi connectivity index (χ3v) is 7.47. The summed E-state index contributed by atoms with van der Waals surface area (Å²) < 4.78 is 0.876. The third kappa shape index (κ3) is 6.02. The average molecular weight is 546 g/mol. The molecule has 7 heteroatoms. The zero-order chi connectivity index (χ0) is 24.8. The zero-order valence-electron chi connectivity index (χ0n) is 19.2. The summed E-state index contributed by atoms with van der Waals surface area (Å²) in [4.78, 5) is 28.1. The second kappa shape index (κ2) is 11.4. The van der Waals surface area contributed by atoms with Crippen molar-refractivity contribution in [2.24, 2.45) is 0 Å². The van der Waals surface area contributed by atoms with Crippen LogP contribution in [0.15, 0.2) is 93.9 Å². The third-order valence-electron chi connectivity index (χ3n) is 5.67. The highest BCUT2D eigenvalue weighted by molar-refractivity contribution is 9.10. The molecule has 0 aromatic heterocycles. The Labute approximate surface area is 218 Å². The van der Waals surface area contributed by atoms with E-state index in [1.165, 1.54) is 16.7 Å². The first-order chi connectivity index (χ1) is 17.0. The number of carbonyl (C=O) groups excluding carboxylic acids is 2. The van der Waals surface area contributed by atoms with Gasteiger partial charge >= 0.3 is 0 Å². The van der Waals surface area contributed by atoms with Crippen molar-refractivity contribution in [3.63, 3.8) is 0 Å². The van der Waals surface area contributed by atoms with Crippen molar-refractivity contribution in [1.82, 2.24) is 5.32 Å². The van der Waals surface area contributed by atoms with E-state index in [1.54, 1.807) is 12.1 Å². The Morgan fingerprint density at radius 1 is 1.03 bits per heavy atom. The summed E-state index contributed by atoms with van der Waals surface area (Å²) >= 11 is 4.70. The number of hydrogen-bond acceptors (Lipinski definition) is 4. The Balaban J connectivity index is 1.61. The summed E-state index contributed by atoms with van der Waals surface area (Å²) in [5.41, 5.74) is 3.85. The van der Waals surface area contributed by atoms with Crippen molar-refractivity contribution >= 4 is 45.2 Å². The molecule has 1 unspecified atom stereocenters. The fraction of sp³-hybridized carbons (Fsp3) is 0.179. The molecule has 3 aromatic carbocycles. The summed E-state index contributed by atoms with van der Waals surface area (Å²) in [5.74, 6) is -0.616. The Kier molecular flexibility index (Phi) is 8.06. The number of benzene rings is 3. The lowest BCUT2D eigenvalue weighted by atomic mass is 10.1. The van der Waals surface area contributed by atoms with E-state index in [4.69, 9.17) is 0 Å². The number of thioether (sulfide) groups is 1. The van der Waals surface area contributed by atoms with Crippen LogP contribution in [0.5, 0.6) is 0 Å². The molecule has 1 saturated heterocycles. The van der Waals surface area contributed by atoms with Crippen LogP contribution in [-0.4, -0.2) is 23.6 Å². The molecule has 2 amide bonds. The Hall–Kier alpha value is -3.34. The average Bonchev–Trinajstić information content (AvgIpc) is 3.17. The summed E-state index contributed by atoms with van der Waals surface area (Å²) in [6, 6.07) is 27.2. The molecule has 35 heavy (non-hydrogen) atoms. The SMILES string of the molecule is Cc1ccc(CC2S/C(=C(/C#N)C(=O)NCCc3ccccc3)N(c3ccc(Br)cc3)C2=O)cc1. The minimum absolute atomic E-state index is 0.0502. The van der Waals surface area contributed by atoms with Gasteiger partial charge in [0.2, 0.25) is 5.91 Å². The molecule has 0 radical (unpaired) electrons. The van der Waals surface area contributed by atoms with Crippen molar-refractivity contribution in [1.29, 1.82) is 5.26 Å². The van der Waals surface area contributed by atoms with Gasteiger partial charge in [0.25, 0.3) is 5.91 Å². The maximum Gasteiger partial charge on any atom is 0.264 e. The molecular weight excluding hydrogens is 522 g/mol. The van der Waals surface area contributed by atoms with Gasteiger partial charge in [0, 0.05) is 16.7 Å². The van der Waals surface area contributed by atoms with E-state index in [9.17, 15) is 14.9 Å². The highest BCUT2D eigenvalue weighted by atomic mass is 79.9. The number of amides is 2. The summed E-state index contributed by atoms with van der Waals surface area (Å²) in [5, 5.41) is 12.7. The normalized spacial score (nSPS) is 16.7. The number of hydrogen-bond donors (Lipinski definition) is 1. The molecule has 1 N–H and O–H groups in total. The van der Waals surface area contributed by atoms with E-state index < -0.39 is 11.2 Å². The summed E-state index contributed by atoms with van der Waals surface area (Å²) in [6.45, 7) is 2.41. The van der Waals surface area contributed by atoms with Crippen LogP contribution in [0.25, 0.3) is 0 Å². The minimum Gasteiger partial charge on any atom is -0.351 e. The maximum absolute atomic E-state index is 13.5. The van der Waals surface area contributed by atoms with E-state index in [1.807, 2.05) is 73.7 Å². The van der Waals surface area contributed by atoms with E-state index in [-0.39, 0.29) is 11.5 Å². The van der Waals surface area contributed by atoms with Gasteiger partial charge in [-0.15, -0.1) is 0 Å². The molecule has 176 valence electrons. The summed E-state index contributed by atoms with van der Waals surface area (Å²) in [7, 11) is 0. The highest BCUT2D eigenvalue weighted by Crippen LogP contribution is 2.42. The number of nitrogens with zero attached hydrogens (tertiary/aromatic N) is 2. The standard InChI is InChI=1S/C28H24BrN3O2S/c1-19-7-9-21(10-8-19)17-25-27(34)32(23-13-11-22(29)12-14-23)28(35-25)24(18-30)26(33)31-16-15-20-5-3-2-4-6-20/h2-14,25H,15-17H2,1H3,(H,31,33)/b28-24-. The van der Waals surface area contributed by atoms with Gasteiger partial charge in [-0.1, -0.05) is 87.9 Å². The molecule has 1 aliphatic rings. The van der Waals surface area contributed by atoms with Gasteiger partial charge in [-0.05, 0) is 55.2 Å². The van der Waals surface area contributed by atoms with Gasteiger partial charge in [0.15, 0.2) is 0 Å². The van der Waals surface area contributed by atoms with Crippen molar-refractivity contribution < 1.29 is 9.59 Å². The van der Waals surface area contributed by atoms with Gasteiger partial charge in [-0.3, -0.25) is 14.5 Å². The summed E-state index contributed by atoms with van der Waals surface area (Å²) in [6.07, 6.45) is 1.16. The first-order valence-electron chi connectivity index (χ1n) is 11.2. The topological polar surface area (TPSA) is 73.2 Å². The Morgan fingerprint density at radius 2 is 1.71 bits per heavy atom. The number of nitriles is 1. The van der Waals surface area contributed by atoms with Crippen LogP contribution in [0.1, 0.15) is 16.7 Å². The molecular formula is C28H24BrN3O2S. The van der Waals surface area contributed by atoms with Crippen molar-refractivity contribution in [3.05, 3.63) is 111 Å². The van der Waals surface area contributed by atoms with E-state index in [0.717, 1.165) is 21.2 Å². The number of nitrogens with one attached hydrogen (secondary N) is 1. The zero-order valence-corrected chi connectivity index (χ0v) is 21.6. The van der Waals surface area contributed by atoms with Crippen LogP contribution in [0.2, 0.25) is 0 Å². The molecule has 0 bridgehead atoms. The fourth-order valence-electron chi connectivity index (χ4n) is 3.80. The Morgan fingerprint density at radius 3 is 2.37 bits per heavy atom. The van der Waals surface area contributed by atoms with Crippen molar-refractivity contribution in [3.8, 4) is 6.07 Å². The second-order valence-electron chi connectivity index (χ2n) is 8.23. The quantitative estimate of drug-likeness (QED) is 0.312. The van der Waals surface area contributed by atoms with E-state index in [0.29, 0.717) is 30.1 Å². The van der Waals surface area contributed by atoms with Gasteiger partial charge < -0.3 is 5.32 Å². The fourth-order valence-corrected chi connectivity index (χ4v) is 5.38. The molecule has 1 heterocycles. The van der Waals surface area contributed by atoms with Crippen LogP contribution in [0.4, 0.5) is 5.69 Å². The highest BCUT2D eigenvalue weighted by Gasteiger charge is 2.40. The monoisotopic (exact) mass is 545 g/mol. The first-order valence-corrected chi connectivity index (χ1v) is 12.9. The molecule has 4 rings (SSSR count). The number of carbonyl (C=O) groups is 2. The predicted octanol–water partition coefficient (Wildman–Crippen LogP) is 5.54. The maximum atomic E-state index is 13.5. The molecule has 5 nitrogen and oxygen atoms in total. The smallest absolute Gasteiger partial charge is 0.264 e. The molecule has 0 saturated carbocycles. The van der Waals surface area contributed by atoms with Crippen LogP contribution in [0.3, 0.4) is 0 Å². The van der Waals surface area contributed by atoms with Crippen LogP contribution >= 0.6 is 27.7 Å². The lowest BCUT2D eigenvalue weighted by molar-refractivity contribution is -0.117. The van der Waals surface area contributed by atoms with Crippen LogP contribution in [-0.2, 0) is 22.4 Å². The van der Waals surface area contributed by atoms with Gasteiger partial charge in [0.1, 0.15) is 16.7 Å². The second-order valence-corrected chi connectivity index (χ2v) is 10.3. The predicted molar refractivity (Wildman–Crippen MR) is 144 cm³/mol. The Bertz CT molecular complexity index is 1280. The van der Waals surface area contributed by atoms with Gasteiger partial charge in [-0.2, -0.15) is 5.26 Å². The van der Waals surface area contributed by atoms with Gasteiger partial charge in [0.05, 0.1) is 5.25 Å². The lowest BCUT2D eigenvalue weighted by Gasteiger charge is -2.19. The van der Waals surface area contributed by atoms with Crippen LogP contribution < -0.4 is 10.2 Å². The number of aryl methyl sites for hydroxylation is 1. The number of anilines is 1. The lowest BCUT2D eigenvalue weighted by Crippen LogP contribution is -2.32. The molecule has 1 fully saturated rings. The van der Waals surface area contributed by atoms with Crippen molar-refractivity contribution in [2.75, 3.05) is 11.4 Å². The number of rotatable bonds is 7. The molecule has 3 aromatic rings. The molecule has 1 aliphatic heterocycles. The van der Waals surface area contributed by atoms with Crippen LogP contribution in [0, 0.1) is 18.3 Å². The van der Waals surface area contributed by atoms with Gasteiger partial charge in [-0.25, -0.2) is 0 Å². The van der Waals surface area contributed by atoms with E-state index in [2.05, 4.69) is 27.3 Å². The minimum atomic E-state index is -0.475. The number of halogens is 1. The molecule has 1 atom stereocenters. The van der Waals surface area contributed by atoms with Crippen molar-refractivity contribution in [2.45, 2.75) is 25.0 Å². The first kappa shape index (κ1) is 24.8. The molecule has 0 aliphatic carbocycles. The van der Waals surface area contributed by atoms with E-state index >= 15 is 0 Å². The largest absolute Gasteiger partial charge is 0.351 e. The molecule has 0 spiro atoms.